The first-order valence-corrected chi connectivity index (χ1v) is 13.4. The summed E-state index contributed by atoms with van der Waals surface area (Å²) in [5.74, 6) is 2.49. The molecular weight excluding hydrogens is 446 g/mol. The average molecular weight is 486 g/mol. The minimum atomic E-state index is -0.638. The van der Waals surface area contributed by atoms with Crippen molar-refractivity contribution in [2.45, 2.75) is 72.3 Å². The average Bonchev–Trinajstić information content (AvgIpc) is 3.11. The lowest BCUT2D eigenvalue weighted by Gasteiger charge is -2.18. The number of fused-ring (bicyclic) bond motifs is 3. The summed E-state index contributed by atoms with van der Waals surface area (Å²) in [5.41, 5.74) is 6.55. The van der Waals surface area contributed by atoms with Crippen LogP contribution in [0.5, 0.6) is 5.75 Å². The lowest BCUT2D eigenvalue weighted by molar-refractivity contribution is 0.0985. The van der Waals surface area contributed by atoms with Crippen LogP contribution in [0.25, 0.3) is 0 Å². The molecule has 6 heteroatoms. The fraction of sp³-hybridized carbons (Fsp3) is 0.607. The molecule has 1 heterocycles. The predicted octanol–water partition coefficient (Wildman–Crippen LogP) is 4.36. The maximum Gasteiger partial charge on any atom is 0.173 e. The van der Waals surface area contributed by atoms with E-state index in [0.29, 0.717) is 30.8 Å². The summed E-state index contributed by atoms with van der Waals surface area (Å²) in [4.78, 5) is 15.6. The van der Waals surface area contributed by atoms with E-state index in [1.54, 1.807) is 11.3 Å². The number of ketones is 1. The number of rotatable bonds is 12. The Morgan fingerprint density at radius 1 is 1.32 bits per heavy atom. The van der Waals surface area contributed by atoms with Crippen LogP contribution in [-0.2, 0) is 19.3 Å². The predicted molar refractivity (Wildman–Crippen MR) is 137 cm³/mol. The molecule has 2 aliphatic carbocycles. The van der Waals surface area contributed by atoms with Gasteiger partial charge in [0.1, 0.15) is 18.5 Å². The molecule has 1 unspecified atom stereocenters. The number of benzene rings is 1. The number of carbonyl (C=O) groups excluding carboxylic acids is 1. The van der Waals surface area contributed by atoms with E-state index in [1.807, 2.05) is 6.92 Å². The molecule has 5 nitrogen and oxygen atoms in total. The van der Waals surface area contributed by atoms with Gasteiger partial charge in [-0.3, -0.25) is 4.79 Å². The molecule has 0 radical (unpaired) electrons. The van der Waals surface area contributed by atoms with Crippen LogP contribution >= 0.6 is 11.3 Å². The zero-order valence-electron chi connectivity index (χ0n) is 21.2. The number of aliphatic hydroxyl groups excluding tert-OH is 2. The van der Waals surface area contributed by atoms with E-state index in [9.17, 15) is 9.90 Å². The van der Waals surface area contributed by atoms with Crippen LogP contribution in [-0.4, -0.2) is 48.4 Å². The van der Waals surface area contributed by atoms with Gasteiger partial charge in [-0.1, -0.05) is 32.9 Å². The van der Waals surface area contributed by atoms with Crippen LogP contribution in [0, 0.1) is 25.2 Å². The van der Waals surface area contributed by atoms with Crippen molar-refractivity contribution in [2.24, 2.45) is 11.3 Å². The van der Waals surface area contributed by atoms with Crippen molar-refractivity contribution in [3.63, 3.8) is 0 Å². The zero-order valence-corrected chi connectivity index (χ0v) is 22.0. The standard InChI is InChI=1S/C28H39NO4S/c1-6-19-12-18(11-16(2)26(19)33-15-20(31)14-29-9-10-30)7-8-23(32)27-21-13-22-25(28(22,4)5)24(21)17(3)34-27/h11-12,20,22,25,29-31H,6-10,13-15H2,1-5H3/t20?,22-,25-/m1/s1. The summed E-state index contributed by atoms with van der Waals surface area (Å²) in [5, 5.41) is 21.9. The fourth-order valence-corrected chi connectivity index (χ4v) is 7.05. The highest BCUT2D eigenvalue weighted by Crippen LogP contribution is 2.71. The lowest BCUT2D eigenvalue weighted by Crippen LogP contribution is -2.33. The van der Waals surface area contributed by atoms with E-state index in [0.717, 1.165) is 52.5 Å². The Hall–Kier alpha value is -1.73. The summed E-state index contributed by atoms with van der Waals surface area (Å²) in [7, 11) is 0. The summed E-state index contributed by atoms with van der Waals surface area (Å²) < 4.78 is 5.97. The van der Waals surface area contributed by atoms with Crippen molar-refractivity contribution in [1.82, 2.24) is 5.32 Å². The first-order chi connectivity index (χ1) is 16.2. The van der Waals surface area contributed by atoms with Gasteiger partial charge in [-0.15, -0.1) is 11.3 Å². The van der Waals surface area contributed by atoms with Crippen molar-refractivity contribution < 1.29 is 19.7 Å². The number of hydrogen-bond donors (Lipinski definition) is 3. The summed E-state index contributed by atoms with van der Waals surface area (Å²) in [6, 6.07) is 4.26. The van der Waals surface area contributed by atoms with E-state index in [1.165, 1.54) is 16.0 Å². The number of Topliss-reactive ketones (excluding diaryl/α,β-unsaturated/α-hetero) is 1. The Kier molecular flexibility index (Phi) is 7.53. The van der Waals surface area contributed by atoms with Crippen LogP contribution in [0.4, 0.5) is 0 Å². The third-order valence-electron chi connectivity index (χ3n) is 7.79. The van der Waals surface area contributed by atoms with Gasteiger partial charge in [0.2, 0.25) is 0 Å². The molecule has 1 saturated carbocycles. The Morgan fingerprint density at radius 2 is 2.09 bits per heavy atom. The smallest absolute Gasteiger partial charge is 0.173 e. The van der Waals surface area contributed by atoms with Crippen LogP contribution in [0.1, 0.15) is 75.5 Å². The van der Waals surface area contributed by atoms with Gasteiger partial charge in [0.15, 0.2) is 5.78 Å². The molecule has 0 spiro atoms. The lowest BCUT2D eigenvalue weighted by atomic mass is 9.93. The normalized spacial score (nSPS) is 20.7. The van der Waals surface area contributed by atoms with Gasteiger partial charge in [-0.2, -0.15) is 0 Å². The second kappa shape index (κ2) is 10.1. The second-order valence-electron chi connectivity index (χ2n) is 10.6. The van der Waals surface area contributed by atoms with E-state index in [-0.39, 0.29) is 19.0 Å². The quantitative estimate of drug-likeness (QED) is 0.308. The second-order valence-corrected chi connectivity index (χ2v) is 11.8. The highest BCUT2D eigenvalue weighted by Gasteiger charge is 2.63. The topological polar surface area (TPSA) is 78.8 Å². The van der Waals surface area contributed by atoms with Gasteiger partial charge in [0.25, 0.3) is 0 Å². The maximum absolute atomic E-state index is 13.2. The SMILES string of the molecule is CCc1cc(CCC(=O)c2sc(C)c3c2C[C@@H]2[C@H]3C2(C)C)cc(C)c1OCC(O)CNCCO. The van der Waals surface area contributed by atoms with Crippen molar-refractivity contribution in [3.8, 4) is 5.75 Å². The van der Waals surface area contributed by atoms with Crippen molar-refractivity contribution >= 4 is 17.1 Å². The molecule has 0 aliphatic heterocycles. The highest BCUT2D eigenvalue weighted by atomic mass is 32.1. The number of carbonyl (C=O) groups is 1. The van der Waals surface area contributed by atoms with Crippen molar-refractivity contribution in [2.75, 3.05) is 26.3 Å². The molecule has 2 aliphatic rings. The van der Waals surface area contributed by atoms with Gasteiger partial charge >= 0.3 is 0 Å². The third-order valence-corrected chi connectivity index (χ3v) is 9.00. The molecule has 0 saturated heterocycles. The van der Waals surface area contributed by atoms with Crippen LogP contribution in [0.2, 0.25) is 0 Å². The van der Waals surface area contributed by atoms with Gasteiger partial charge < -0.3 is 20.3 Å². The number of ether oxygens (including phenoxy) is 1. The van der Waals surface area contributed by atoms with Gasteiger partial charge in [-0.25, -0.2) is 0 Å². The van der Waals surface area contributed by atoms with Crippen LogP contribution < -0.4 is 10.1 Å². The third kappa shape index (κ3) is 4.83. The Labute approximate surface area is 207 Å². The number of hydrogen-bond acceptors (Lipinski definition) is 6. The molecule has 1 aromatic heterocycles. The van der Waals surface area contributed by atoms with Gasteiger partial charge in [-0.05, 0) is 78.2 Å². The monoisotopic (exact) mass is 485 g/mol. The number of thiophene rings is 1. The number of aryl methyl sites for hydroxylation is 4. The zero-order chi connectivity index (χ0) is 24.6. The molecule has 2 aromatic rings. The number of nitrogens with one attached hydrogen (secondary N) is 1. The van der Waals surface area contributed by atoms with Gasteiger partial charge in [0.05, 0.1) is 11.5 Å². The first kappa shape index (κ1) is 25.4. The van der Waals surface area contributed by atoms with Crippen LogP contribution in [0.3, 0.4) is 0 Å². The van der Waals surface area contributed by atoms with E-state index < -0.39 is 6.10 Å². The Balaban J connectivity index is 1.39. The molecule has 3 atom stereocenters. The van der Waals surface area contributed by atoms with E-state index in [4.69, 9.17) is 9.84 Å². The molecule has 0 bridgehead atoms. The Bertz CT molecular complexity index is 1060. The summed E-state index contributed by atoms with van der Waals surface area (Å²) >= 11 is 1.71. The van der Waals surface area contributed by atoms with Crippen molar-refractivity contribution in [1.29, 1.82) is 0 Å². The molecule has 34 heavy (non-hydrogen) atoms. The summed E-state index contributed by atoms with van der Waals surface area (Å²) in [6.45, 7) is 12.1. The van der Waals surface area contributed by atoms with Crippen molar-refractivity contribution in [3.05, 3.63) is 49.7 Å². The molecule has 0 amide bonds. The minimum absolute atomic E-state index is 0.0460. The van der Waals surface area contributed by atoms with Crippen LogP contribution in [0.15, 0.2) is 12.1 Å². The largest absolute Gasteiger partial charge is 0.490 e. The van der Waals surface area contributed by atoms with E-state index in [2.05, 4.69) is 45.1 Å². The van der Waals surface area contributed by atoms with E-state index >= 15 is 0 Å². The Morgan fingerprint density at radius 3 is 2.79 bits per heavy atom. The molecule has 3 N–H and O–H groups in total. The minimum Gasteiger partial charge on any atom is -0.490 e. The summed E-state index contributed by atoms with van der Waals surface area (Å²) in [6.07, 6.45) is 2.52. The number of aliphatic hydroxyl groups is 2. The maximum atomic E-state index is 13.2. The first-order valence-electron chi connectivity index (χ1n) is 12.6. The highest BCUT2D eigenvalue weighted by molar-refractivity contribution is 7.14. The molecule has 1 fully saturated rings. The molecule has 4 rings (SSSR count). The van der Waals surface area contributed by atoms with Gasteiger partial charge in [0, 0.05) is 24.4 Å². The molecule has 186 valence electrons. The molecular formula is C28H39NO4S. The fourth-order valence-electron chi connectivity index (χ4n) is 5.86. The molecule has 1 aromatic carbocycles.